The molecule has 5 nitrogen and oxygen atoms in total. The van der Waals surface area contributed by atoms with Gasteiger partial charge in [0.05, 0.1) is 11.9 Å². The molecule has 6 heteroatoms. The van der Waals surface area contributed by atoms with Crippen molar-refractivity contribution in [1.82, 2.24) is 10.2 Å². The Morgan fingerprint density at radius 1 is 1.64 bits per heavy atom. The number of anilines is 1. The maximum Gasteiger partial charge on any atom is 0.348 e. The monoisotopic (exact) mass is 209 g/mol. The first-order chi connectivity index (χ1) is 6.68. The summed E-state index contributed by atoms with van der Waals surface area (Å²) in [5, 5.41) is 15.2. The molecule has 0 saturated carbocycles. The molecule has 2 aromatic heterocycles. The summed E-state index contributed by atoms with van der Waals surface area (Å²) in [6.45, 7) is 0. The lowest BCUT2D eigenvalue weighted by Crippen LogP contribution is -1.96. The number of H-pyrrole nitrogens is 1. The molecule has 2 heterocycles. The Morgan fingerprint density at radius 3 is 2.93 bits per heavy atom. The van der Waals surface area contributed by atoms with Crippen LogP contribution in [0.15, 0.2) is 18.5 Å². The van der Waals surface area contributed by atoms with Crippen LogP contribution in [0.4, 0.5) is 5.69 Å². The van der Waals surface area contributed by atoms with E-state index in [2.05, 4.69) is 10.2 Å². The van der Waals surface area contributed by atoms with E-state index in [1.165, 1.54) is 0 Å². The molecular weight excluding hydrogens is 202 g/mol. The molecule has 0 saturated heterocycles. The van der Waals surface area contributed by atoms with E-state index in [9.17, 15) is 4.79 Å². The molecule has 2 aromatic rings. The zero-order chi connectivity index (χ0) is 10.1. The quantitative estimate of drug-likeness (QED) is 0.697. The highest BCUT2D eigenvalue weighted by Crippen LogP contribution is 2.32. The van der Waals surface area contributed by atoms with E-state index in [1.54, 1.807) is 18.5 Å². The Labute approximate surface area is 83.2 Å². The van der Waals surface area contributed by atoms with E-state index in [4.69, 9.17) is 10.8 Å². The number of aromatic nitrogens is 2. The predicted molar refractivity (Wildman–Crippen MR) is 53.3 cm³/mol. The van der Waals surface area contributed by atoms with Crippen molar-refractivity contribution in [3.63, 3.8) is 0 Å². The lowest BCUT2D eigenvalue weighted by molar-refractivity contribution is 0.0703. The zero-order valence-corrected chi connectivity index (χ0v) is 7.84. The van der Waals surface area contributed by atoms with Crippen molar-refractivity contribution in [1.29, 1.82) is 0 Å². The molecule has 0 aliphatic carbocycles. The van der Waals surface area contributed by atoms with Crippen molar-refractivity contribution in [2.24, 2.45) is 0 Å². The number of rotatable bonds is 2. The smallest absolute Gasteiger partial charge is 0.348 e. The number of nitrogens with two attached hydrogens (primary N) is 1. The molecule has 0 aliphatic rings. The van der Waals surface area contributed by atoms with Crippen LogP contribution in [0.5, 0.6) is 0 Å². The second kappa shape index (κ2) is 3.15. The zero-order valence-electron chi connectivity index (χ0n) is 7.02. The third kappa shape index (κ3) is 1.35. The maximum absolute atomic E-state index is 10.7. The van der Waals surface area contributed by atoms with Gasteiger partial charge in [0.2, 0.25) is 0 Å². The van der Waals surface area contributed by atoms with Gasteiger partial charge in [0.1, 0.15) is 4.88 Å². The predicted octanol–water partition coefficient (Wildman–Crippen LogP) is 1.42. The van der Waals surface area contributed by atoms with Crippen LogP contribution in [0.3, 0.4) is 0 Å². The molecule has 0 amide bonds. The molecule has 0 atom stereocenters. The van der Waals surface area contributed by atoms with Crippen molar-refractivity contribution < 1.29 is 9.90 Å². The van der Waals surface area contributed by atoms with Gasteiger partial charge in [0.15, 0.2) is 0 Å². The molecule has 2 rings (SSSR count). The highest BCUT2D eigenvalue weighted by atomic mass is 32.1. The first-order valence-corrected chi connectivity index (χ1v) is 4.62. The average molecular weight is 209 g/mol. The molecule has 14 heavy (non-hydrogen) atoms. The summed E-state index contributed by atoms with van der Waals surface area (Å²) in [7, 11) is 0. The number of aromatic carboxylic acids is 1. The number of aromatic amines is 1. The standard InChI is InChI=1S/C8H7N3O2S/c9-5-1-6(4-2-10-11-3-4)14-7(5)8(12)13/h1-3H,9H2,(H,10,11)(H,12,13). The number of nitrogens with one attached hydrogen (secondary N) is 1. The number of carboxylic acids is 1. The van der Waals surface area contributed by atoms with Gasteiger partial charge in [-0.15, -0.1) is 11.3 Å². The van der Waals surface area contributed by atoms with Crippen LogP contribution in [0.2, 0.25) is 0 Å². The largest absolute Gasteiger partial charge is 0.477 e. The van der Waals surface area contributed by atoms with Crippen molar-refractivity contribution in [2.45, 2.75) is 0 Å². The van der Waals surface area contributed by atoms with Gasteiger partial charge in [-0.3, -0.25) is 5.10 Å². The van der Waals surface area contributed by atoms with E-state index in [0.717, 1.165) is 21.8 Å². The van der Waals surface area contributed by atoms with Gasteiger partial charge in [0, 0.05) is 16.6 Å². The van der Waals surface area contributed by atoms with Gasteiger partial charge >= 0.3 is 5.97 Å². The minimum absolute atomic E-state index is 0.168. The number of thiophene rings is 1. The minimum Gasteiger partial charge on any atom is -0.477 e. The van der Waals surface area contributed by atoms with E-state index >= 15 is 0 Å². The number of hydrogen-bond donors (Lipinski definition) is 3. The maximum atomic E-state index is 10.7. The second-order valence-corrected chi connectivity index (χ2v) is 3.74. The van der Waals surface area contributed by atoms with Crippen LogP contribution in [0, 0.1) is 0 Å². The molecular formula is C8H7N3O2S. The number of carboxylic acid groups (broad SMARTS) is 1. The van der Waals surface area contributed by atoms with Gasteiger partial charge in [-0.05, 0) is 6.07 Å². The van der Waals surface area contributed by atoms with Crippen molar-refractivity contribution in [2.75, 3.05) is 5.73 Å². The fraction of sp³-hybridized carbons (Fsp3) is 0. The van der Waals surface area contributed by atoms with Crippen LogP contribution in [-0.4, -0.2) is 21.3 Å². The van der Waals surface area contributed by atoms with E-state index in [0.29, 0.717) is 5.69 Å². The molecule has 0 aliphatic heterocycles. The number of carbonyl (C=O) groups is 1. The first kappa shape index (κ1) is 8.76. The van der Waals surface area contributed by atoms with Crippen LogP contribution >= 0.6 is 11.3 Å². The van der Waals surface area contributed by atoms with Crippen molar-refractivity contribution in [3.8, 4) is 10.4 Å². The van der Waals surface area contributed by atoms with Gasteiger partial charge in [-0.2, -0.15) is 5.10 Å². The first-order valence-electron chi connectivity index (χ1n) is 3.80. The summed E-state index contributed by atoms with van der Waals surface area (Å²) in [6, 6.07) is 1.64. The van der Waals surface area contributed by atoms with Crippen LogP contribution in [-0.2, 0) is 0 Å². The Morgan fingerprint density at radius 2 is 2.43 bits per heavy atom. The van der Waals surface area contributed by atoms with Gasteiger partial charge < -0.3 is 10.8 Å². The lowest BCUT2D eigenvalue weighted by atomic mass is 10.3. The van der Waals surface area contributed by atoms with E-state index < -0.39 is 5.97 Å². The normalized spacial score (nSPS) is 10.3. The summed E-state index contributed by atoms with van der Waals surface area (Å²) in [6.07, 6.45) is 3.31. The van der Waals surface area contributed by atoms with E-state index in [1.807, 2.05) is 0 Å². The summed E-state index contributed by atoms with van der Waals surface area (Å²) in [5.41, 5.74) is 6.68. The van der Waals surface area contributed by atoms with Crippen molar-refractivity contribution in [3.05, 3.63) is 23.3 Å². The highest BCUT2D eigenvalue weighted by Gasteiger charge is 2.14. The minimum atomic E-state index is -0.998. The highest BCUT2D eigenvalue weighted by molar-refractivity contribution is 7.17. The third-order valence-electron chi connectivity index (χ3n) is 1.74. The second-order valence-electron chi connectivity index (χ2n) is 2.69. The summed E-state index contributed by atoms with van der Waals surface area (Å²) < 4.78 is 0. The van der Waals surface area contributed by atoms with Crippen LogP contribution in [0.25, 0.3) is 10.4 Å². The van der Waals surface area contributed by atoms with Crippen molar-refractivity contribution >= 4 is 23.0 Å². The summed E-state index contributed by atoms with van der Waals surface area (Å²) >= 11 is 1.14. The molecule has 0 aromatic carbocycles. The Hall–Kier alpha value is -1.82. The fourth-order valence-corrected chi connectivity index (χ4v) is 2.00. The average Bonchev–Trinajstić information content (AvgIpc) is 2.70. The lowest BCUT2D eigenvalue weighted by Gasteiger charge is -1.87. The van der Waals surface area contributed by atoms with Gasteiger partial charge in [-0.1, -0.05) is 0 Å². The third-order valence-corrected chi connectivity index (χ3v) is 2.93. The molecule has 0 unspecified atom stereocenters. The summed E-state index contributed by atoms with van der Waals surface area (Å²) in [5.74, 6) is -0.998. The molecule has 0 bridgehead atoms. The number of hydrogen-bond acceptors (Lipinski definition) is 4. The fourth-order valence-electron chi connectivity index (χ4n) is 1.10. The molecule has 0 fully saturated rings. The molecule has 72 valence electrons. The Kier molecular flexibility index (Phi) is 1.97. The SMILES string of the molecule is Nc1cc(-c2cn[nH]c2)sc1C(=O)O. The number of nitrogens with zero attached hydrogens (tertiary/aromatic N) is 1. The van der Waals surface area contributed by atoms with Crippen LogP contribution < -0.4 is 5.73 Å². The summed E-state index contributed by atoms with van der Waals surface area (Å²) in [4.78, 5) is 11.7. The van der Waals surface area contributed by atoms with E-state index in [-0.39, 0.29) is 4.88 Å². The van der Waals surface area contributed by atoms with Gasteiger partial charge in [-0.25, -0.2) is 4.79 Å². The Bertz CT molecular complexity index is 461. The van der Waals surface area contributed by atoms with Gasteiger partial charge in [0.25, 0.3) is 0 Å². The van der Waals surface area contributed by atoms with Crippen LogP contribution in [0.1, 0.15) is 9.67 Å². The number of nitrogen functional groups attached to an aromatic ring is 1. The molecule has 4 N–H and O–H groups in total. The topological polar surface area (TPSA) is 92.0 Å². The Balaban J connectivity index is 2.48. The molecule has 0 radical (unpaired) electrons. The molecule has 0 spiro atoms.